The maximum Gasteiger partial charge on any atom is 0.315 e. The lowest BCUT2D eigenvalue weighted by Gasteiger charge is -2.32. The summed E-state index contributed by atoms with van der Waals surface area (Å²) in [6.45, 7) is 1.04. The number of aromatic nitrogens is 1. The van der Waals surface area contributed by atoms with Crippen molar-refractivity contribution >= 4 is 5.97 Å². The topological polar surface area (TPSA) is 62.3 Å². The number of nitrogens with one attached hydrogen (secondary N) is 1. The Hall–Kier alpha value is -1.29. The Labute approximate surface area is 81.9 Å². The van der Waals surface area contributed by atoms with Gasteiger partial charge in [-0.05, 0) is 25.0 Å². The van der Waals surface area contributed by atoms with E-state index in [1.54, 1.807) is 6.20 Å². The first kappa shape index (κ1) is 9.27. The molecule has 0 aliphatic carbocycles. The Kier molecular flexibility index (Phi) is 2.29. The summed E-state index contributed by atoms with van der Waals surface area (Å²) in [5.74, 6) is -0.761. The highest BCUT2D eigenvalue weighted by molar-refractivity contribution is 5.80. The molecule has 1 saturated heterocycles. The molecule has 1 aromatic heterocycles. The third kappa shape index (κ3) is 1.32. The van der Waals surface area contributed by atoms with Gasteiger partial charge in [0, 0.05) is 25.1 Å². The van der Waals surface area contributed by atoms with Crippen molar-refractivity contribution in [1.29, 1.82) is 0 Å². The molecule has 1 fully saturated rings. The van der Waals surface area contributed by atoms with Gasteiger partial charge < -0.3 is 14.8 Å². The monoisotopic (exact) mass is 195 g/mol. The van der Waals surface area contributed by atoms with Crippen molar-refractivity contribution < 1.29 is 14.6 Å². The van der Waals surface area contributed by atoms with Gasteiger partial charge in [0.15, 0.2) is 0 Å². The van der Waals surface area contributed by atoms with Gasteiger partial charge in [-0.15, -0.1) is 0 Å². The van der Waals surface area contributed by atoms with E-state index in [0.717, 1.165) is 5.69 Å². The molecule has 2 heterocycles. The number of ether oxygens (including phenoxy) is 1. The SMILES string of the molecule is O=C(O)C1(c2ccc[nH]2)CCOCC1. The lowest BCUT2D eigenvalue weighted by Crippen LogP contribution is -2.41. The van der Waals surface area contributed by atoms with E-state index in [4.69, 9.17) is 4.74 Å². The minimum atomic E-state index is -0.762. The van der Waals surface area contributed by atoms with E-state index in [1.807, 2.05) is 12.1 Å². The zero-order chi connectivity index (χ0) is 10.0. The summed E-state index contributed by atoms with van der Waals surface area (Å²) in [5.41, 5.74) is 0.0233. The molecule has 0 atom stereocenters. The smallest absolute Gasteiger partial charge is 0.315 e. The minimum Gasteiger partial charge on any atom is -0.481 e. The molecule has 0 radical (unpaired) electrons. The van der Waals surface area contributed by atoms with Crippen molar-refractivity contribution in [3.63, 3.8) is 0 Å². The molecule has 0 spiro atoms. The third-order valence-electron chi connectivity index (χ3n) is 2.87. The highest BCUT2D eigenvalue weighted by atomic mass is 16.5. The summed E-state index contributed by atoms with van der Waals surface area (Å²) in [4.78, 5) is 14.3. The van der Waals surface area contributed by atoms with Gasteiger partial charge in [0.1, 0.15) is 5.41 Å². The van der Waals surface area contributed by atoms with Gasteiger partial charge >= 0.3 is 5.97 Å². The van der Waals surface area contributed by atoms with Gasteiger partial charge in [0.25, 0.3) is 0 Å². The number of H-pyrrole nitrogens is 1. The van der Waals surface area contributed by atoms with E-state index in [-0.39, 0.29) is 0 Å². The molecule has 1 aliphatic rings. The molecule has 0 saturated carbocycles. The fourth-order valence-corrected chi connectivity index (χ4v) is 1.95. The molecule has 0 bridgehead atoms. The van der Waals surface area contributed by atoms with Crippen LogP contribution in [0.5, 0.6) is 0 Å². The number of carbonyl (C=O) groups is 1. The largest absolute Gasteiger partial charge is 0.481 e. The first-order chi connectivity index (χ1) is 6.76. The predicted octanol–water partition coefficient (Wildman–Crippen LogP) is 1.15. The highest BCUT2D eigenvalue weighted by Crippen LogP contribution is 2.33. The van der Waals surface area contributed by atoms with E-state index in [9.17, 15) is 9.90 Å². The molecule has 4 heteroatoms. The molecule has 0 amide bonds. The highest BCUT2D eigenvalue weighted by Gasteiger charge is 2.42. The van der Waals surface area contributed by atoms with Crippen molar-refractivity contribution in [2.45, 2.75) is 18.3 Å². The molecule has 14 heavy (non-hydrogen) atoms. The number of carboxylic acid groups (broad SMARTS) is 1. The van der Waals surface area contributed by atoms with Crippen LogP contribution in [-0.4, -0.2) is 29.3 Å². The number of hydrogen-bond acceptors (Lipinski definition) is 2. The normalized spacial score (nSPS) is 20.6. The Balaban J connectivity index is 2.35. The molecule has 2 N–H and O–H groups in total. The zero-order valence-electron chi connectivity index (χ0n) is 7.82. The summed E-state index contributed by atoms with van der Waals surface area (Å²) >= 11 is 0. The van der Waals surface area contributed by atoms with Crippen LogP contribution in [0.2, 0.25) is 0 Å². The quantitative estimate of drug-likeness (QED) is 0.744. The molecule has 4 nitrogen and oxygen atoms in total. The van der Waals surface area contributed by atoms with Crippen LogP contribution in [0.1, 0.15) is 18.5 Å². The van der Waals surface area contributed by atoms with Crippen molar-refractivity contribution in [3.05, 3.63) is 24.0 Å². The summed E-state index contributed by atoms with van der Waals surface area (Å²) in [5, 5.41) is 9.28. The second-order valence-corrected chi connectivity index (χ2v) is 3.58. The summed E-state index contributed by atoms with van der Waals surface area (Å²) in [7, 11) is 0. The van der Waals surface area contributed by atoms with Gasteiger partial charge in [0.2, 0.25) is 0 Å². The van der Waals surface area contributed by atoms with E-state index in [0.29, 0.717) is 26.1 Å². The molecule has 0 aromatic carbocycles. The van der Waals surface area contributed by atoms with E-state index < -0.39 is 11.4 Å². The standard InChI is InChI=1S/C10H13NO3/c12-9(13)10(3-6-14-7-4-10)8-2-1-5-11-8/h1-2,5,11H,3-4,6-7H2,(H,12,13). The molecule has 2 rings (SSSR count). The van der Waals surface area contributed by atoms with Crippen molar-refractivity contribution in [1.82, 2.24) is 4.98 Å². The van der Waals surface area contributed by atoms with E-state index in [2.05, 4.69) is 4.98 Å². The number of hydrogen-bond donors (Lipinski definition) is 2. The predicted molar refractivity (Wildman–Crippen MR) is 50.2 cm³/mol. The lowest BCUT2D eigenvalue weighted by atomic mass is 9.77. The third-order valence-corrected chi connectivity index (χ3v) is 2.87. The Morgan fingerprint density at radius 2 is 2.21 bits per heavy atom. The van der Waals surface area contributed by atoms with E-state index >= 15 is 0 Å². The van der Waals surface area contributed by atoms with Crippen LogP contribution in [0.3, 0.4) is 0 Å². The van der Waals surface area contributed by atoms with Crippen molar-refractivity contribution in [3.8, 4) is 0 Å². The van der Waals surface area contributed by atoms with Crippen molar-refractivity contribution in [2.24, 2.45) is 0 Å². The molecular weight excluding hydrogens is 182 g/mol. The first-order valence-electron chi connectivity index (χ1n) is 4.71. The lowest BCUT2D eigenvalue weighted by molar-refractivity contribution is -0.148. The fourth-order valence-electron chi connectivity index (χ4n) is 1.95. The second kappa shape index (κ2) is 3.46. The summed E-state index contributed by atoms with van der Waals surface area (Å²) < 4.78 is 5.20. The van der Waals surface area contributed by atoms with E-state index in [1.165, 1.54) is 0 Å². The number of rotatable bonds is 2. The number of aromatic amines is 1. The van der Waals surface area contributed by atoms with Gasteiger partial charge in [-0.2, -0.15) is 0 Å². The van der Waals surface area contributed by atoms with Gasteiger partial charge in [0.05, 0.1) is 0 Å². The minimum absolute atomic E-state index is 0.519. The summed E-state index contributed by atoms with van der Waals surface area (Å²) in [6.07, 6.45) is 2.85. The van der Waals surface area contributed by atoms with Crippen LogP contribution in [0.15, 0.2) is 18.3 Å². The molecular formula is C10H13NO3. The maximum atomic E-state index is 11.3. The first-order valence-corrected chi connectivity index (χ1v) is 4.71. The van der Waals surface area contributed by atoms with Crippen LogP contribution in [0, 0.1) is 0 Å². The molecule has 1 aromatic rings. The van der Waals surface area contributed by atoms with Crippen molar-refractivity contribution in [2.75, 3.05) is 13.2 Å². The van der Waals surface area contributed by atoms with Crippen LogP contribution in [-0.2, 0) is 14.9 Å². The molecule has 1 aliphatic heterocycles. The van der Waals surface area contributed by atoms with Gasteiger partial charge in [-0.25, -0.2) is 0 Å². The van der Waals surface area contributed by atoms with Crippen LogP contribution < -0.4 is 0 Å². The summed E-state index contributed by atoms with van der Waals surface area (Å²) in [6, 6.07) is 3.66. The Morgan fingerprint density at radius 1 is 1.50 bits per heavy atom. The van der Waals surface area contributed by atoms with Crippen LogP contribution in [0.25, 0.3) is 0 Å². The number of aliphatic carboxylic acids is 1. The Bertz CT molecular complexity index is 312. The molecule has 76 valence electrons. The van der Waals surface area contributed by atoms with Gasteiger partial charge in [-0.1, -0.05) is 0 Å². The zero-order valence-corrected chi connectivity index (χ0v) is 7.82. The number of carboxylic acids is 1. The fraction of sp³-hybridized carbons (Fsp3) is 0.500. The van der Waals surface area contributed by atoms with Crippen LogP contribution >= 0.6 is 0 Å². The average Bonchev–Trinajstić information content (AvgIpc) is 2.72. The average molecular weight is 195 g/mol. The second-order valence-electron chi connectivity index (χ2n) is 3.58. The molecule has 0 unspecified atom stereocenters. The van der Waals surface area contributed by atoms with Gasteiger partial charge in [-0.3, -0.25) is 4.79 Å². The van der Waals surface area contributed by atoms with Crippen LogP contribution in [0.4, 0.5) is 0 Å². The Morgan fingerprint density at radius 3 is 2.71 bits per heavy atom. The maximum absolute atomic E-state index is 11.3.